The molecule has 0 fully saturated rings. The molecule has 0 saturated heterocycles. The van der Waals surface area contributed by atoms with Gasteiger partial charge in [-0.1, -0.05) is 32.0 Å². The Morgan fingerprint density at radius 3 is 2.11 bits per heavy atom. The summed E-state index contributed by atoms with van der Waals surface area (Å²) in [5.41, 5.74) is 1.36. The summed E-state index contributed by atoms with van der Waals surface area (Å²) < 4.78 is 15.9. The summed E-state index contributed by atoms with van der Waals surface area (Å²) in [6.07, 6.45) is 0. The smallest absolute Gasteiger partial charge is 0.277 e. The van der Waals surface area contributed by atoms with E-state index in [0.29, 0.717) is 55.4 Å². The highest BCUT2D eigenvalue weighted by atomic mass is 16.5. The maximum absolute atomic E-state index is 13.3. The van der Waals surface area contributed by atoms with Gasteiger partial charge < -0.3 is 19.1 Å². The molecule has 1 aromatic carbocycles. The van der Waals surface area contributed by atoms with Crippen LogP contribution in [0.15, 0.2) is 30.0 Å². The van der Waals surface area contributed by atoms with E-state index in [1.54, 1.807) is 27.4 Å². The van der Waals surface area contributed by atoms with Gasteiger partial charge in [-0.15, -0.1) is 0 Å². The number of ether oxygens (including phenoxy) is 3. The third kappa shape index (κ3) is 4.72. The van der Waals surface area contributed by atoms with Crippen LogP contribution < -0.4 is 4.74 Å². The van der Waals surface area contributed by atoms with E-state index in [1.165, 1.54) is 4.90 Å². The number of hydrogen-bond acceptors (Lipinski definition) is 6. The van der Waals surface area contributed by atoms with Crippen LogP contribution in [-0.2, 0) is 19.1 Å². The number of imide groups is 1. The highest BCUT2D eigenvalue weighted by Gasteiger charge is 2.42. The molecule has 2 amide bonds. The highest BCUT2D eigenvalue weighted by Crippen LogP contribution is 2.36. The first-order chi connectivity index (χ1) is 13.5. The third-order valence-corrected chi connectivity index (χ3v) is 4.51. The largest absolute Gasteiger partial charge is 0.496 e. The number of rotatable bonds is 11. The predicted octanol–water partition coefficient (Wildman–Crippen LogP) is 2.03. The van der Waals surface area contributed by atoms with E-state index < -0.39 is 0 Å². The van der Waals surface area contributed by atoms with Crippen LogP contribution in [0.2, 0.25) is 0 Å². The molecule has 7 nitrogen and oxygen atoms in total. The molecule has 1 heterocycles. The van der Waals surface area contributed by atoms with Crippen molar-refractivity contribution < 1.29 is 23.8 Å². The first kappa shape index (κ1) is 21.9. The molecule has 0 bridgehead atoms. The zero-order chi connectivity index (χ0) is 20.7. The fourth-order valence-corrected chi connectivity index (χ4v) is 3.22. The lowest BCUT2D eigenvalue weighted by Gasteiger charge is -2.26. The van der Waals surface area contributed by atoms with Crippen molar-refractivity contribution in [2.45, 2.75) is 13.8 Å². The Morgan fingerprint density at radius 2 is 1.57 bits per heavy atom. The van der Waals surface area contributed by atoms with Crippen LogP contribution in [0, 0.1) is 5.92 Å². The van der Waals surface area contributed by atoms with Crippen molar-refractivity contribution in [2.75, 3.05) is 54.2 Å². The van der Waals surface area contributed by atoms with Gasteiger partial charge in [-0.2, -0.15) is 0 Å². The second kappa shape index (κ2) is 10.2. The van der Waals surface area contributed by atoms with Gasteiger partial charge in [0.2, 0.25) is 0 Å². The highest BCUT2D eigenvalue weighted by molar-refractivity contribution is 6.36. The summed E-state index contributed by atoms with van der Waals surface area (Å²) in [6, 6.07) is 7.27. The van der Waals surface area contributed by atoms with E-state index in [2.05, 4.69) is 0 Å². The fourth-order valence-electron chi connectivity index (χ4n) is 3.22. The molecule has 1 aliphatic rings. The minimum atomic E-state index is -0.293. The molecule has 0 radical (unpaired) electrons. The zero-order valence-corrected chi connectivity index (χ0v) is 17.4. The van der Waals surface area contributed by atoms with Crippen LogP contribution in [0.25, 0.3) is 5.57 Å². The van der Waals surface area contributed by atoms with Gasteiger partial charge in [0.1, 0.15) is 11.4 Å². The minimum Gasteiger partial charge on any atom is -0.496 e. The standard InChI is InChI=1S/C21H30N2O5/c1-15(2)14-23-20(24)18(16-8-6-7-9-17(16)28-5)19(21(23)25)22(10-12-26-3)11-13-27-4/h6-9,15H,10-14H2,1-5H3. The van der Waals surface area contributed by atoms with Gasteiger partial charge in [-0.25, -0.2) is 0 Å². The zero-order valence-electron chi connectivity index (χ0n) is 17.4. The SMILES string of the molecule is COCCN(CCOC)C1=C(c2ccccc2OC)C(=O)N(CC(C)C)C1=O. The molecule has 0 spiro atoms. The monoisotopic (exact) mass is 390 g/mol. The lowest BCUT2D eigenvalue weighted by molar-refractivity contribution is -0.138. The lowest BCUT2D eigenvalue weighted by Crippen LogP contribution is -2.39. The van der Waals surface area contributed by atoms with Gasteiger partial charge in [0.25, 0.3) is 11.8 Å². The van der Waals surface area contributed by atoms with Crippen molar-refractivity contribution in [1.29, 1.82) is 0 Å². The molecule has 28 heavy (non-hydrogen) atoms. The minimum absolute atomic E-state index is 0.164. The quantitative estimate of drug-likeness (QED) is 0.539. The number of para-hydroxylation sites is 1. The second-order valence-electron chi connectivity index (χ2n) is 7.01. The van der Waals surface area contributed by atoms with Crippen molar-refractivity contribution in [2.24, 2.45) is 5.92 Å². The summed E-state index contributed by atoms with van der Waals surface area (Å²) in [5, 5.41) is 0. The Balaban J connectivity index is 2.60. The van der Waals surface area contributed by atoms with Crippen LogP contribution in [0.3, 0.4) is 0 Å². The van der Waals surface area contributed by atoms with Crippen LogP contribution in [0.4, 0.5) is 0 Å². The summed E-state index contributed by atoms with van der Waals surface area (Å²) in [4.78, 5) is 29.8. The topological polar surface area (TPSA) is 68.3 Å². The fraction of sp³-hybridized carbons (Fsp3) is 0.524. The summed E-state index contributed by atoms with van der Waals surface area (Å²) in [7, 11) is 4.77. The second-order valence-corrected chi connectivity index (χ2v) is 7.01. The molecule has 0 unspecified atom stereocenters. The molecule has 0 aliphatic carbocycles. The first-order valence-electron chi connectivity index (χ1n) is 9.42. The molecular formula is C21H30N2O5. The van der Waals surface area contributed by atoms with Gasteiger partial charge in [-0.05, 0) is 12.0 Å². The molecule has 7 heteroatoms. The summed E-state index contributed by atoms with van der Waals surface area (Å²) in [5.74, 6) is 0.142. The van der Waals surface area contributed by atoms with E-state index >= 15 is 0 Å². The number of hydrogen-bond donors (Lipinski definition) is 0. The molecule has 0 atom stereocenters. The number of amides is 2. The maximum atomic E-state index is 13.3. The number of carbonyl (C=O) groups excluding carboxylic acids is 2. The molecule has 0 saturated carbocycles. The molecule has 1 aliphatic heterocycles. The Bertz CT molecular complexity index is 721. The molecule has 1 aromatic rings. The normalized spacial score (nSPS) is 14.4. The van der Waals surface area contributed by atoms with Gasteiger partial charge >= 0.3 is 0 Å². The van der Waals surface area contributed by atoms with Crippen LogP contribution >= 0.6 is 0 Å². The van der Waals surface area contributed by atoms with Crippen molar-refractivity contribution in [3.05, 3.63) is 35.5 Å². The molecular weight excluding hydrogens is 360 g/mol. The average Bonchev–Trinajstić information content (AvgIpc) is 2.92. The molecule has 154 valence electrons. The number of carbonyl (C=O) groups is 2. The van der Waals surface area contributed by atoms with Crippen molar-refractivity contribution in [3.63, 3.8) is 0 Å². The number of nitrogens with zero attached hydrogens (tertiary/aromatic N) is 2. The number of benzene rings is 1. The molecule has 2 rings (SSSR count). The summed E-state index contributed by atoms with van der Waals surface area (Å²) >= 11 is 0. The van der Waals surface area contributed by atoms with Crippen LogP contribution in [-0.4, -0.2) is 75.8 Å². The van der Waals surface area contributed by atoms with Crippen LogP contribution in [0.5, 0.6) is 5.75 Å². The van der Waals surface area contributed by atoms with Gasteiger partial charge in [0, 0.05) is 39.4 Å². The van der Waals surface area contributed by atoms with E-state index in [9.17, 15) is 9.59 Å². The van der Waals surface area contributed by atoms with Crippen molar-refractivity contribution in [3.8, 4) is 5.75 Å². The van der Waals surface area contributed by atoms with Crippen molar-refractivity contribution in [1.82, 2.24) is 9.80 Å². The van der Waals surface area contributed by atoms with E-state index in [0.717, 1.165) is 0 Å². The Morgan fingerprint density at radius 1 is 0.964 bits per heavy atom. The Hall–Kier alpha value is -2.38. The van der Waals surface area contributed by atoms with Gasteiger partial charge in [0.15, 0.2) is 0 Å². The summed E-state index contributed by atoms with van der Waals surface area (Å²) in [6.45, 7) is 6.13. The average molecular weight is 390 g/mol. The first-order valence-corrected chi connectivity index (χ1v) is 9.42. The van der Waals surface area contributed by atoms with Crippen LogP contribution in [0.1, 0.15) is 19.4 Å². The Kier molecular flexibility index (Phi) is 8.02. The van der Waals surface area contributed by atoms with Gasteiger partial charge in [0.05, 0.1) is 25.9 Å². The predicted molar refractivity (Wildman–Crippen MR) is 107 cm³/mol. The molecule has 0 aromatic heterocycles. The van der Waals surface area contributed by atoms with E-state index in [1.807, 2.05) is 36.9 Å². The van der Waals surface area contributed by atoms with Crippen molar-refractivity contribution >= 4 is 17.4 Å². The van der Waals surface area contributed by atoms with Gasteiger partial charge in [-0.3, -0.25) is 14.5 Å². The Labute approximate surface area is 166 Å². The van der Waals surface area contributed by atoms with E-state index in [-0.39, 0.29) is 17.7 Å². The van der Waals surface area contributed by atoms with E-state index in [4.69, 9.17) is 14.2 Å². The lowest BCUT2D eigenvalue weighted by atomic mass is 10.0. The molecule has 0 N–H and O–H groups in total. The maximum Gasteiger partial charge on any atom is 0.277 e. The third-order valence-electron chi connectivity index (χ3n) is 4.51. The number of methoxy groups -OCH3 is 3.